The van der Waals surface area contributed by atoms with Crippen LogP contribution in [0, 0.1) is 0 Å². The van der Waals surface area contributed by atoms with Gasteiger partial charge in [0, 0.05) is 28.8 Å². The lowest BCUT2D eigenvalue weighted by Gasteiger charge is -2.26. The van der Waals surface area contributed by atoms with Gasteiger partial charge in [-0.25, -0.2) is 0 Å². The Morgan fingerprint density at radius 3 is 2.29 bits per heavy atom. The van der Waals surface area contributed by atoms with Crippen LogP contribution in [0.1, 0.15) is 19.3 Å². The summed E-state index contributed by atoms with van der Waals surface area (Å²) in [5.41, 5.74) is 1.000. The Balaban J connectivity index is 1.77. The Morgan fingerprint density at radius 1 is 1.00 bits per heavy atom. The highest BCUT2D eigenvalue weighted by Crippen LogP contribution is 2.22. The summed E-state index contributed by atoms with van der Waals surface area (Å²) in [5.74, 6) is 0. The molecular weight excluding hydrogens is 255 g/mol. The summed E-state index contributed by atoms with van der Waals surface area (Å²) in [6.45, 7) is 4.50. The second-order valence-electron chi connectivity index (χ2n) is 4.49. The lowest BCUT2D eigenvalue weighted by atomic mass is 10.1. The van der Waals surface area contributed by atoms with Gasteiger partial charge >= 0.3 is 0 Å². The van der Waals surface area contributed by atoms with E-state index in [1.807, 2.05) is 12.1 Å². The molecule has 0 spiro atoms. The highest BCUT2D eigenvalue weighted by molar-refractivity contribution is 6.35. The molecule has 0 atom stereocenters. The molecule has 1 N–H and O–H groups in total. The minimum atomic E-state index is 0.679. The van der Waals surface area contributed by atoms with Crippen LogP contribution in [0.4, 0.5) is 5.69 Å². The van der Waals surface area contributed by atoms with E-state index >= 15 is 0 Å². The summed E-state index contributed by atoms with van der Waals surface area (Å²) in [5, 5.41) is 4.72. The fraction of sp³-hybridized carbons (Fsp3) is 0.538. The lowest BCUT2D eigenvalue weighted by molar-refractivity contribution is 0.237. The van der Waals surface area contributed by atoms with Gasteiger partial charge in [-0.1, -0.05) is 29.6 Å². The quantitative estimate of drug-likeness (QED) is 0.895. The van der Waals surface area contributed by atoms with E-state index in [4.69, 9.17) is 23.2 Å². The highest BCUT2D eigenvalue weighted by Gasteiger charge is 2.08. The molecule has 1 fully saturated rings. The summed E-state index contributed by atoms with van der Waals surface area (Å²) >= 11 is 11.9. The third-order valence-corrected chi connectivity index (χ3v) is 3.50. The van der Waals surface area contributed by atoms with Crippen molar-refractivity contribution in [3.8, 4) is 0 Å². The summed E-state index contributed by atoms with van der Waals surface area (Å²) < 4.78 is 0. The number of rotatable bonds is 4. The molecular formula is C13H18Cl2N2. The maximum atomic E-state index is 5.94. The van der Waals surface area contributed by atoms with E-state index in [1.54, 1.807) is 6.07 Å². The molecule has 0 amide bonds. The second-order valence-corrected chi connectivity index (χ2v) is 5.36. The van der Waals surface area contributed by atoms with E-state index in [1.165, 1.54) is 32.4 Å². The summed E-state index contributed by atoms with van der Waals surface area (Å²) in [7, 11) is 0. The van der Waals surface area contributed by atoms with E-state index in [2.05, 4.69) is 10.2 Å². The van der Waals surface area contributed by atoms with Gasteiger partial charge in [0.05, 0.1) is 0 Å². The largest absolute Gasteiger partial charge is 0.384 e. The van der Waals surface area contributed by atoms with Crippen LogP contribution in [-0.4, -0.2) is 31.1 Å². The minimum Gasteiger partial charge on any atom is -0.384 e. The molecule has 0 radical (unpaired) electrons. The van der Waals surface area contributed by atoms with E-state index in [0.717, 1.165) is 18.8 Å². The Kier molecular flexibility index (Phi) is 4.96. The smallest absolute Gasteiger partial charge is 0.0441 e. The number of benzene rings is 1. The molecule has 1 aliphatic heterocycles. The summed E-state index contributed by atoms with van der Waals surface area (Å²) in [6, 6.07) is 5.56. The lowest BCUT2D eigenvalue weighted by Crippen LogP contribution is -2.33. The minimum absolute atomic E-state index is 0.679. The molecule has 2 nitrogen and oxygen atoms in total. The Labute approximate surface area is 113 Å². The van der Waals surface area contributed by atoms with Gasteiger partial charge < -0.3 is 10.2 Å². The average Bonchev–Trinajstić information content (AvgIpc) is 2.29. The maximum absolute atomic E-state index is 5.94. The zero-order valence-electron chi connectivity index (χ0n) is 9.88. The molecule has 1 saturated heterocycles. The van der Waals surface area contributed by atoms with Crippen LogP contribution in [0.15, 0.2) is 18.2 Å². The Bertz CT molecular complexity index is 342. The second kappa shape index (κ2) is 6.48. The molecule has 17 heavy (non-hydrogen) atoms. The fourth-order valence-corrected chi connectivity index (χ4v) is 2.72. The monoisotopic (exact) mass is 272 g/mol. The van der Waals surface area contributed by atoms with Crippen molar-refractivity contribution in [2.75, 3.05) is 31.5 Å². The number of likely N-dealkylation sites (tertiary alicyclic amines) is 1. The van der Waals surface area contributed by atoms with Crippen molar-refractivity contribution in [1.29, 1.82) is 0 Å². The van der Waals surface area contributed by atoms with Crippen molar-refractivity contribution >= 4 is 28.9 Å². The average molecular weight is 273 g/mol. The van der Waals surface area contributed by atoms with Crippen LogP contribution in [0.25, 0.3) is 0 Å². The van der Waals surface area contributed by atoms with Crippen molar-refractivity contribution in [3.05, 3.63) is 28.2 Å². The van der Waals surface area contributed by atoms with Gasteiger partial charge in [0.15, 0.2) is 0 Å². The van der Waals surface area contributed by atoms with E-state index in [-0.39, 0.29) is 0 Å². The molecule has 0 bridgehead atoms. The molecule has 94 valence electrons. The van der Waals surface area contributed by atoms with Gasteiger partial charge in [0.25, 0.3) is 0 Å². The molecule has 1 heterocycles. The number of piperidine rings is 1. The predicted octanol–water partition coefficient (Wildman–Crippen LogP) is 3.89. The van der Waals surface area contributed by atoms with Crippen LogP contribution in [0.5, 0.6) is 0 Å². The number of hydrogen-bond donors (Lipinski definition) is 1. The van der Waals surface area contributed by atoms with Crippen LogP contribution < -0.4 is 5.32 Å². The molecule has 1 aliphatic rings. The van der Waals surface area contributed by atoms with Gasteiger partial charge in [0.2, 0.25) is 0 Å². The SMILES string of the molecule is Clc1cc(Cl)cc(NCCN2CCCCC2)c1. The van der Waals surface area contributed by atoms with Crippen molar-refractivity contribution in [3.63, 3.8) is 0 Å². The summed E-state index contributed by atoms with van der Waals surface area (Å²) in [6.07, 6.45) is 4.06. The first kappa shape index (κ1) is 13.0. The topological polar surface area (TPSA) is 15.3 Å². The van der Waals surface area contributed by atoms with Crippen molar-refractivity contribution in [2.45, 2.75) is 19.3 Å². The van der Waals surface area contributed by atoms with Crippen LogP contribution >= 0.6 is 23.2 Å². The standard InChI is InChI=1S/C13H18Cl2N2/c14-11-8-12(15)10-13(9-11)16-4-7-17-5-2-1-3-6-17/h8-10,16H,1-7H2. The first-order valence-electron chi connectivity index (χ1n) is 6.16. The van der Waals surface area contributed by atoms with Crippen molar-refractivity contribution in [1.82, 2.24) is 4.90 Å². The molecule has 1 aromatic carbocycles. The highest BCUT2D eigenvalue weighted by atomic mass is 35.5. The Morgan fingerprint density at radius 2 is 1.65 bits per heavy atom. The van der Waals surface area contributed by atoms with Crippen molar-refractivity contribution < 1.29 is 0 Å². The van der Waals surface area contributed by atoms with Crippen LogP contribution in [0.2, 0.25) is 10.0 Å². The maximum Gasteiger partial charge on any atom is 0.0441 e. The molecule has 0 aromatic heterocycles. The predicted molar refractivity (Wildman–Crippen MR) is 75.2 cm³/mol. The molecule has 4 heteroatoms. The third kappa shape index (κ3) is 4.38. The van der Waals surface area contributed by atoms with Gasteiger partial charge in [-0.3, -0.25) is 0 Å². The third-order valence-electron chi connectivity index (χ3n) is 3.07. The van der Waals surface area contributed by atoms with Gasteiger partial charge in [-0.05, 0) is 44.1 Å². The zero-order valence-corrected chi connectivity index (χ0v) is 11.4. The zero-order chi connectivity index (χ0) is 12.1. The van der Waals surface area contributed by atoms with Crippen LogP contribution in [-0.2, 0) is 0 Å². The molecule has 0 unspecified atom stereocenters. The van der Waals surface area contributed by atoms with E-state index in [9.17, 15) is 0 Å². The molecule has 0 saturated carbocycles. The van der Waals surface area contributed by atoms with Gasteiger partial charge in [-0.2, -0.15) is 0 Å². The van der Waals surface area contributed by atoms with Crippen molar-refractivity contribution in [2.24, 2.45) is 0 Å². The molecule has 0 aliphatic carbocycles. The van der Waals surface area contributed by atoms with Crippen LogP contribution in [0.3, 0.4) is 0 Å². The first-order chi connectivity index (χ1) is 8.24. The number of nitrogens with one attached hydrogen (secondary N) is 1. The number of nitrogens with zero attached hydrogens (tertiary/aromatic N) is 1. The molecule has 1 aromatic rings. The number of halogens is 2. The first-order valence-corrected chi connectivity index (χ1v) is 6.92. The summed E-state index contributed by atoms with van der Waals surface area (Å²) in [4.78, 5) is 2.50. The number of hydrogen-bond acceptors (Lipinski definition) is 2. The normalized spacial score (nSPS) is 17.1. The van der Waals surface area contributed by atoms with Gasteiger partial charge in [0.1, 0.15) is 0 Å². The Hall–Kier alpha value is -0.440. The van der Waals surface area contributed by atoms with E-state index < -0.39 is 0 Å². The molecule has 2 rings (SSSR count). The fourth-order valence-electron chi connectivity index (χ4n) is 2.20. The van der Waals surface area contributed by atoms with Gasteiger partial charge in [-0.15, -0.1) is 0 Å². The number of anilines is 1. The van der Waals surface area contributed by atoms with E-state index in [0.29, 0.717) is 10.0 Å².